The van der Waals surface area contributed by atoms with Gasteiger partial charge in [0.25, 0.3) is 0 Å². The standard InChI is InChI=1S/C15H11FN6S4/c1-23-14-20-11-10(24-14)12(19-7-18-11)25-15-22-21-13(26-15)17-6-8-2-4-9(16)5-3-8/h2-5,7H,6H2,1H3,(H,17,21). The van der Waals surface area contributed by atoms with E-state index in [0.717, 1.165) is 24.0 Å². The zero-order valence-corrected chi connectivity index (χ0v) is 16.6. The molecule has 132 valence electrons. The summed E-state index contributed by atoms with van der Waals surface area (Å²) in [5.74, 6) is -0.243. The van der Waals surface area contributed by atoms with Gasteiger partial charge < -0.3 is 5.32 Å². The van der Waals surface area contributed by atoms with Crippen molar-refractivity contribution in [2.45, 2.75) is 20.3 Å². The second-order valence-corrected chi connectivity index (χ2v) is 9.24. The van der Waals surface area contributed by atoms with Crippen molar-refractivity contribution >= 4 is 61.7 Å². The van der Waals surface area contributed by atoms with E-state index >= 15 is 0 Å². The normalized spacial score (nSPS) is 11.2. The molecule has 0 spiro atoms. The molecule has 11 heteroatoms. The Bertz CT molecular complexity index is 1030. The Morgan fingerprint density at radius 1 is 1.08 bits per heavy atom. The number of thiazole rings is 1. The van der Waals surface area contributed by atoms with Crippen molar-refractivity contribution in [2.75, 3.05) is 11.6 Å². The number of nitrogens with one attached hydrogen (secondary N) is 1. The quantitative estimate of drug-likeness (QED) is 0.358. The second kappa shape index (κ2) is 7.82. The van der Waals surface area contributed by atoms with Gasteiger partial charge in [-0.1, -0.05) is 35.2 Å². The summed E-state index contributed by atoms with van der Waals surface area (Å²) in [4.78, 5) is 13.0. The number of thioether (sulfide) groups is 1. The fourth-order valence-electron chi connectivity index (χ4n) is 2.06. The average Bonchev–Trinajstić information content (AvgIpc) is 3.28. The lowest BCUT2D eigenvalue weighted by molar-refractivity contribution is 0.627. The molecule has 4 aromatic rings. The topological polar surface area (TPSA) is 76.5 Å². The summed E-state index contributed by atoms with van der Waals surface area (Å²) >= 11 is 6.06. The molecule has 6 nitrogen and oxygen atoms in total. The Labute approximate surface area is 164 Å². The van der Waals surface area contributed by atoms with Gasteiger partial charge in [-0.2, -0.15) is 0 Å². The molecule has 26 heavy (non-hydrogen) atoms. The molecule has 0 aliphatic rings. The molecule has 1 aromatic carbocycles. The van der Waals surface area contributed by atoms with E-state index in [1.165, 1.54) is 41.6 Å². The third-order valence-electron chi connectivity index (χ3n) is 3.26. The average molecular weight is 423 g/mol. The fourth-order valence-corrected chi connectivity index (χ4v) is 5.35. The van der Waals surface area contributed by atoms with Crippen molar-refractivity contribution in [3.05, 3.63) is 42.0 Å². The number of fused-ring (bicyclic) bond motifs is 1. The maximum Gasteiger partial charge on any atom is 0.206 e. The zero-order valence-electron chi connectivity index (χ0n) is 13.3. The molecule has 0 unspecified atom stereocenters. The van der Waals surface area contributed by atoms with Crippen LogP contribution < -0.4 is 5.32 Å². The van der Waals surface area contributed by atoms with Crippen molar-refractivity contribution in [1.82, 2.24) is 25.1 Å². The van der Waals surface area contributed by atoms with Crippen LogP contribution in [0.4, 0.5) is 9.52 Å². The zero-order chi connectivity index (χ0) is 17.9. The summed E-state index contributed by atoms with van der Waals surface area (Å²) in [6, 6.07) is 6.36. The van der Waals surface area contributed by atoms with Crippen LogP contribution in [-0.2, 0) is 6.54 Å². The Hall–Kier alpha value is -1.82. The van der Waals surface area contributed by atoms with Gasteiger partial charge in [0.1, 0.15) is 21.9 Å². The van der Waals surface area contributed by atoms with Crippen molar-refractivity contribution in [1.29, 1.82) is 0 Å². The van der Waals surface area contributed by atoms with Gasteiger partial charge in [0, 0.05) is 6.54 Å². The summed E-state index contributed by atoms with van der Waals surface area (Å²) in [6.07, 6.45) is 3.50. The predicted molar refractivity (Wildman–Crippen MR) is 105 cm³/mol. The molecule has 0 aliphatic carbocycles. The first-order chi connectivity index (χ1) is 12.7. The van der Waals surface area contributed by atoms with Crippen LogP contribution >= 0.6 is 46.2 Å². The third-order valence-corrected chi connectivity index (χ3v) is 7.36. The molecule has 3 aromatic heterocycles. The number of aromatic nitrogens is 5. The Kier molecular flexibility index (Phi) is 5.29. The number of hydrogen-bond acceptors (Lipinski definition) is 10. The summed E-state index contributed by atoms with van der Waals surface area (Å²) in [5, 5.41) is 13.1. The van der Waals surface area contributed by atoms with Crippen molar-refractivity contribution in [3.63, 3.8) is 0 Å². The Morgan fingerprint density at radius 3 is 2.73 bits per heavy atom. The highest BCUT2D eigenvalue weighted by molar-refractivity contribution is 8.01. The number of hydrogen-bond donors (Lipinski definition) is 1. The number of anilines is 1. The van der Waals surface area contributed by atoms with Crippen LogP contribution in [0.3, 0.4) is 0 Å². The van der Waals surface area contributed by atoms with E-state index in [0.29, 0.717) is 17.3 Å². The molecule has 0 bridgehead atoms. The minimum atomic E-state index is -0.243. The molecule has 0 saturated carbocycles. The molecule has 0 aliphatic heterocycles. The second-order valence-electron chi connectivity index (χ2n) is 4.97. The largest absolute Gasteiger partial charge is 0.356 e. The van der Waals surface area contributed by atoms with E-state index in [1.54, 1.807) is 35.2 Å². The molecule has 1 N–H and O–H groups in total. The number of nitrogens with zero attached hydrogens (tertiary/aromatic N) is 5. The van der Waals surface area contributed by atoms with Crippen LogP contribution in [-0.4, -0.2) is 31.4 Å². The lowest BCUT2D eigenvalue weighted by Crippen LogP contribution is -1.98. The van der Waals surface area contributed by atoms with Crippen LogP contribution in [0.5, 0.6) is 0 Å². The molecule has 0 fully saturated rings. The van der Waals surface area contributed by atoms with E-state index in [2.05, 4.69) is 30.5 Å². The summed E-state index contributed by atoms with van der Waals surface area (Å²) < 4.78 is 15.6. The third kappa shape index (κ3) is 3.95. The molecule has 0 saturated heterocycles. The molecular formula is C15H11FN6S4. The molecule has 0 radical (unpaired) electrons. The van der Waals surface area contributed by atoms with Gasteiger partial charge in [0.05, 0.1) is 0 Å². The predicted octanol–water partition coefficient (Wildman–Crippen LogP) is 4.56. The molecular weight excluding hydrogens is 411 g/mol. The first kappa shape index (κ1) is 17.6. The van der Waals surface area contributed by atoms with Gasteiger partial charge in [-0.15, -0.1) is 21.5 Å². The molecule has 0 atom stereocenters. The SMILES string of the molecule is CSc1nc2ncnc(Sc3nnc(NCc4ccc(F)cc4)s3)c2s1. The van der Waals surface area contributed by atoms with Gasteiger partial charge in [0.2, 0.25) is 5.13 Å². The van der Waals surface area contributed by atoms with Gasteiger partial charge in [-0.05, 0) is 35.7 Å². The minimum absolute atomic E-state index is 0.243. The Morgan fingerprint density at radius 2 is 1.92 bits per heavy atom. The molecule has 4 rings (SSSR count). The first-order valence-electron chi connectivity index (χ1n) is 7.36. The minimum Gasteiger partial charge on any atom is -0.356 e. The van der Waals surface area contributed by atoms with E-state index < -0.39 is 0 Å². The van der Waals surface area contributed by atoms with E-state index in [9.17, 15) is 4.39 Å². The highest BCUT2D eigenvalue weighted by Crippen LogP contribution is 2.37. The fraction of sp³-hybridized carbons (Fsp3) is 0.133. The number of benzene rings is 1. The van der Waals surface area contributed by atoms with Crippen molar-refractivity contribution in [2.24, 2.45) is 0 Å². The monoisotopic (exact) mass is 422 g/mol. The molecule has 3 heterocycles. The molecule has 0 amide bonds. The van der Waals surface area contributed by atoms with Crippen molar-refractivity contribution in [3.8, 4) is 0 Å². The lowest BCUT2D eigenvalue weighted by atomic mass is 10.2. The van der Waals surface area contributed by atoms with Crippen molar-refractivity contribution < 1.29 is 4.39 Å². The summed E-state index contributed by atoms with van der Waals surface area (Å²) in [5.41, 5.74) is 1.68. The van der Waals surface area contributed by atoms with Crippen LogP contribution in [0.2, 0.25) is 0 Å². The lowest BCUT2D eigenvalue weighted by Gasteiger charge is -2.01. The van der Waals surface area contributed by atoms with Crippen LogP contribution in [0.25, 0.3) is 10.3 Å². The summed E-state index contributed by atoms with van der Waals surface area (Å²) in [7, 11) is 0. The van der Waals surface area contributed by atoms with Crippen LogP contribution in [0, 0.1) is 5.82 Å². The number of rotatable bonds is 6. The van der Waals surface area contributed by atoms with Gasteiger partial charge in [-0.3, -0.25) is 0 Å². The highest BCUT2D eigenvalue weighted by atomic mass is 32.2. The van der Waals surface area contributed by atoms with E-state index in [4.69, 9.17) is 0 Å². The van der Waals surface area contributed by atoms with Crippen LogP contribution in [0.15, 0.2) is 44.3 Å². The van der Waals surface area contributed by atoms with Gasteiger partial charge in [0.15, 0.2) is 14.3 Å². The number of halogens is 1. The maximum atomic E-state index is 12.9. The maximum absolute atomic E-state index is 12.9. The first-order valence-corrected chi connectivity index (χ1v) is 11.0. The van der Waals surface area contributed by atoms with Gasteiger partial charge >= 0.3 is 0 Å². The summed E-state index contributed by atoms with van der Waals surface area (Å²) in [6.45, 7) is 0.559. The van der Waals surface area contributed by atoms with E-state index in [1.807, 2.05) is 6.26 Å². The van der Waals surface area contributed by atoms with Gasteiger partial charge in [-0.25, -0.2) is 19.3 Å². The highest BCUT2D eigenvalue weighted by Gasteiger charge is 2.14. The van der Waals surface area contributed by atoms with E-state index in [-0.39, 0.29) is 5.82 Å². The Balaban J connectivity index is 1.46. The van der Waals surface area contributed by atoms with Crippen LogP contribution in [0.1, 0.15) is 5.56 Å². The smallest absolute Gasteiger partial charge is 0.206 e.